The van der Waals surface area contributed by atoms with Gasteiger partial charge in [-0.25, -0.2) is 14.8 Å². The summed E-state index contributed by atoms with van der Waals surface area (Å²) in [7, 11) is 0. The summed E-state index contributed by atoms with van der Waals surface area (Å²) in [5.41, 5.74) is 11.3. The second-order valence-corrected chi connectivity index (χ2v) is 6.20. The van der Waals surface area contributed by atoms with E-state index in [1.807, 2.05) is 0 Å². The van der Waals surface area contributed by atoms with Gasteiger partial charge in [-0.15, -0.1) is 0 Å². The molecule has 0 spiro atoms. The summed E-state index contributed by atoms with van der Waals surface area (Å²) in [5, 5.41) is 18.8. The van der Waals surface area contributed by atoms with Crippen LogP contribution in [0, 0.1) is 0 Å². The predicted octanol–water partition coefficient (Wildman–Crippen LogP) is 0.867. The smallest absolute Gasteiger partial charge is 0.335 e. The van der Waals surface area contributed by atoms with Crippen molar-refractivity contribution in [3.8, 4) is 0 Å². The van der Waals surface area contributed by atoms with Gasteiger partial charge in [0.15, 0.2) is 17.0 Å². The highest BCUT2D eigenvalue weighted by Gasteiger charge is 2.36. The number of fused-ring (bicyclic) bond motifs is 1. The lowest BCUT2D eigenvalue weighted by molar-refractivity contribution is -0.143. The summed E-state index contributed by atoms with van der Waals surface area (Å²) < 4.78 is 0. The Kier molecular flexibility index (Phi) is 4.32. The molecule has 3 aromatic rings. The molecule has 6 N–H and O–H groups in total. The topological polar surface area (TPSA) is 178 Å². The van der Waals surface area contributed by atoms with Crippen molar-refractivity contribution in [1.82, 2.24) is 19.9 Å². The second kappa shape index (κ2) is 6.48. The molecule has 1 atom stereocenters. The number of benzene rings is 1. The molecule has 0 saturated heterocycles. The number of anilines is 2. The summed E-state index contributed by atoms with van der Waals surface area (Å²) in [6.07, 6.45) is 1.41. The number of nitrogens with two attached hydrogens (primary N) is 2. The van der Waals surface area contributed by atoms with Crippen LogP contribution >= 0.6 is 0 Å². The molecule has 0 aliphatic heterocycles. The maximum Gasteiger partial charge on any atom is 0.335 e. The first-order valence-corrected chi connectivity index (χ1v) is 7.82. The zero-order valence-electron chi connectivity index (χ0n) is 14.2. The van der Waals surface area contributed by atoms with Gasteiger partial charge in [0, 0.05) is 6.42 Å². The fourth-order valence-corrected chi connectivity index (χ4v) is 2.71. The molecule has 0 amide bonds. The van der Waals surface area contributed by atoms with Crippen molar-refractivity contribution in [3.05, 3.63) is 47.3 Å². The minimum Gasteiger partial charge on any atom is -0.481 e. The van der Waals surface area contributed by atoms with Gasteiger partial charge in [-0.2, -0.15) is 9.97 Å². The maximum absolute atomic E-state index is 12.0. The first kappa shape index (κ1) is 18.0. The number of carboxylic acid groups (broad SMARTS) is 2. The van der Waals surface area contributed by atoms with Gasteiger partial charge in [0.25, 0.3) is 0 Å². The van der Waals surface area contributed by atoms with Crippen LogP contribution in [0.3, 0.4) is 0 Å². The SMILES string of the molecule is CC(Cc1cnc2nc(N)nc(N)c2n1)(C(=O)O)c1ccc(C(=O)O)cc1. The molecule has 1 unspecified atom stereocenters. The summed E-state index contributed by atoms with van der Waals surface area (Å²) >= 11 is 0. The Morgan fingerprint density at radius 2 is 1.74 bits per heavy atom. The second-order valence-electron chi connectivity index (χ2n) is 6.20. The molecule has 0 aliphatic carbocycles. The van der Waals surface area contributed by atoms with Gasteiger partial charge in [-0.1, -0.05) is 12.1 Å². The number of carboxylic acids is 2. The van der Waals surface area contributed by atoms with Crippen molar-refractivity contribution < 1.29 is 19.8 Å². The van der Waals surface area contributed by atoms with E-state index in [1.165, 1.54) is 37.4 Å². The van der Waals surface area contributed by atoms with Gasteiger partial charge < -0.3 is 21.7 Å². The Hall–Kier alpha value is -3.82. The molecule has 0 bridgehead atoms. The van der Waals surface area contributed by atoms with Crippen LogP contribution in [0.15, 0.2) is 30.5 Å². The van der Waals surface area contributed by atoms with E-state index in [-0.39, 0.29) is 34.9 Å². The third-order valence-electron chi connectivity index (χ3n) is 4.28. The number of aromatic carboxylic acids is 1. The lowest BCUT2D eigenvalue weighted by Crippen LogP contribution is -2.35. The number of hydrogen-bond acceptors (Lipinski definition) is 8. The van der Waals surface area contributed by atoms with Crippen LogP contribution in [-0.4, -0.2) is 42.1 Å². The van der Waals surface area contributed by atoms with Crippen LogP contribution in [-0.2, 0) is 16.6 Å². The molecule has 10 nitrogen and oxygen atoms in total. The van der Waals surface area contributed by atoms with Gasteiger partial charge in [0.2, 0.25) is 5.95 Å². The molecule has 0 saturated carbocycles. The van der Waals surface area contributed by atoms with Gasteiger partial charge >= 0.3 is 11.9 Å². The minimum absolute atomic E-state index is 0.00150. The molecular weight excluding hydrogens is 352 g/mol. The van der Waals surface area contributed by atoms with Gasteiger partial charge in [-0.3, -0.25) is 4.79 Å². The van der Waals surface area contributed by atoms with Crippen LogP contribution in [0.4, 0.5) is 11.8 Å². The molecule has 27 heavy (non-hydrogen) atoms. The summed E-state index contributed by atoms with van der Waals surface area (Å²) in [5.74, 6) is -2.16. The molecule has 0 fully saturated rings. The third kappa shape index (κ3) is 3.32. The van der Waals surface area contributed by atoms with Crippen LogP contribution < -0.4 is 11.5 Å². The predicted molar refractivity (Wildman–Crippen MR) is 96.0 cm³/mol. The highest BCUT2D eigenvalue weighted by atomic mass is 16.4. The Morgan fingerprint density at radius 1 is 1.07 bits per heavy atom. The Bertz CT molecular complexity index is 1050. The van der Waals surface area contributed by atoms with Crippen LogP contribution in [0.2, 0.25) is 0 Å². The lowest BCUT2D eigenvalue weighted by Gasteiger charge is -2.25. The molecule has 0 radical (unpaired) electrons. The van der Waals surface area contributed by atoms with Crippen molar-refractivity contribution in [2.45, 2.75) is 18.8 Å². The van der Waals surface area contributed by atoms with Crippen molar-refractivity contribution >= 4 is 34.9 Å². The normalized spacial score (nSPS) is 13.2. The minimum atomic E-state index is -1.36. The quantitative estimate of drug-likeness (QED) is 0.505. The largest absolute Gasteiger partial charge is 0.481 e. The van der Waals surface area contributed by atoms with Crippen LogP contribution in [0.1, 0.15) is 28.5 Å². The van der Waals surface area contributed by atoms with Crippen molar-refractivity contribution in [2.24, 2.45) is 0 Å². The highest BCUT2D eigenvalue weighted by Crippen LogP contribution is 2.29. The first-order chi connectivity index (χ1) is 12.7. The van der Waals surface area contributed by atoms with E-state index >= 15 is 0 Å². The molecule has 2 aromatic heterocycles. The maximum atomic E-state index is 12.0. The fraction of sp³-hybridized carbons (Fsp3) is 0.176. The highest BCUT2D eigenvalue weighted by molar-refractivity contribution is 5.88. The summed E-state index contributed by atoms with van der Waals surface area (Å²) in [4.78, 5) is 39.2. The zero-order valence-corrected chi connectivity index (χ0v) is 14.2. The number of aliphatic carboxylic acids is 1. The molecule has 0 aliphatic rings. The van der Waals surface area contributed by atoms with E-state index in [0.717, 1.165) is 0 Å². The lowest BCUT2D eigenvalue weighted by atomic mass is 9.78. The molecule has 1 aromatic carbocycles. The Balaban J connectivity index is 2.02. The summed E-state index contributed by atoms with van der Waals surface area (Å²) in [6.45, 7) is 1.53. The van der Waals surface area contributed by atoms with Gasteiger partial charge in [-0.05, 0) is 24.6 Å². The number of rotatable bonds is 5. The number of nitrogen functional groups attached to an aromatic ring is 2. The first-order valence-electron chi connectivity index (χ1n) is 7.82. The Labute approximate surface area is 152 Å². The van der Waals surface area contributed by atoms with Crippen LogP contribution in [0.25, 0.3) is 11.2 Å². The van der Waals surface area contributed by atoms with E-state index in [0.29, 0.717) is 11.3 Å². The Morgan fingerprint density at radius 3 is 2.33 bits per heavy atom. The number of aromatic nitrogens is 4. The van der Waals surface area contributed by atoms with Gasteiger partial charge in [0.05, 0.1) is 22.9 Å². The van der Waals surface area contributed by atoms with E-state index < -0.39 is 17.4 Å². The van der Waals surface area contributed by atoms with Crippen LogP contribution in [0.5, 0.6) is 0 Å². The number of carbonyl (C=O) groups is 2. The van der Waals surface area contributed by atoms with Crippen molar-refractivity contribution in [1.29, 1.82) is 0 Å². The average Bonchev–Trinajstić information content (AvgIpc) is 2.62. The fourth-order valence-electron chi connectivity index (χ4n) is 2.71. The van der Waals surface area contributed by atoms with E-state index in [2.05, 4.69) is 19.9 Å². The number of hydrogen-bond donors (Lipinski definition) is 4. The summed E-state index contributed by atoms with van der Waals surface area (Å²) in [6, 6.07) is 5.67. The standard InChI is InChI=1S/C17H16N6O4/c1-17(15(26)27,9-4-2-8(3-5-9)14(24)25)6-10-7-20-13-11(21-10)12(18)22-16(19)23-13/h2-5,7H,6H2,1H3,(H,24,25)(H,26,27)(H4,18,19,20,22,23). The molecule has 138 valence electrons. The average molecular weight is 368 g/mol. The van der Waals surface area contributed by atoms with Crippen molar-refractivity contribution in [2.75, 3.05) is 11.5 Å². The number of nitrogens with zero attached hydrogens (tertiary/aromatic N) is 4. The third-order valence-corrected chi connectivity index (χ3v) is 4.28. The van der Waals surface area contributed by atoms with E-state index in [4.69, 9.17) is 16.6 Å². The molecule has 10 heteroatoms. The van der Waals surface area contributed by atoms with E-state index in [9.17, 15) is 14.7 Å². The van der Waals surface area contributed by atoms with Crippen molar-refractivity contribution in [3.63, 3.8) is 0 Å². The monoisotopic (exact) mass is 368 g/mol. The molecule has 3 rings (SSSR count). The van der Waals surface area contributed by atoms with Gasteiger partial charge in [0.1, 0.15) is 0 Å². The van der Waals surface area contributed by atoms with E-state index in [1.54, 1.807) is 0 Å². The molecular formula is C17H16N6O4. The zero-order chi connectivity index (χ0) is 19.8. The molecule has 2 heterocycles.